The number of piperidine rings is 1. The summed E-state index contributed by atoms with van der Waals surface area (Å²) in [6.07, 6.45) is 4.45. The maximum absolute atomic E-state index is 12.5. The number of H-pyrrole nitrogens is 1. The third-order valence-electron chi connectivity index (χ3n) is 3.53. The molecule has 6 nitrogen and oxygen atoms in total. The van der Waals surface area contributed by atoms with Gasteiger partial charge in [0.15, 0.2) is 0 Å². The molecule has 19 heavy (non-hydrogen) atoms. The Bertz CT molecular complexity index is 680. The van der Waals surface area contributed by atoms with Gasteiger partial charge in [0.2, 0.25) is 5.71 Å². The summed E-state index contributed by atoms with van der Waals surface area (Å²) in [6, 6.07) is 0. The summed E-state index contributed by atoms with van der Waals surface area (Å²) in [6.45, 7) is 3.17. The number of aryl methyl sites for hydroxylation is 1. The Morgan fingerprint density at radius 1 is 1.37 bits per heavy atom. The van der Waals surface area contributed by atoms with Crippen molar-refractivity contribution in [2.75, 3.05) is 13.1 Å². The molecule has 0 bridgehead atoms. The summed E-state index contributed by atoms with van der Waals surface area (Å²) in [4.78, 5) is 32.6. The van der Waals surface area contributed by atoms with Crippen LogP contribution in [0.25, 0.3) is 11.1 Å². The number of hydrogen-bond donors (Lipinski definition) is 1. The van der Waals surface area contributed by atoms with Gasteiger partial charge in [-0.25, -0.2) is 4.98 Å². The van der Waals surface area contributed by atoms with E-state index in [9.17, 15) is 9.59 Å². The lowest BCUT2D eigenvalue weighted by molar-refractivity contribution is 0.0724. The number of fused-ring (bicyclic) bond motifs is 1. The number of nitrogens with zero attached hydrogens (tertiary/aromatic N) is 2. The van der Waals surface area contributed by atoms with E-state index in [2.05, 4.69) is 9.97 Å². The lowest BCUT2D eigenvalue weighted by Crippen LogP contribution is -2.36. The van der Waals surface area contributed by atoms with Gasteiger partial charge in [-0.05, 0) is 26.2 Å². The molecule has 2 aromatic rings. The maximum atomic E-state index is 12.5. The topological polar surface area (TPSA) is 79.2 Å². The minimum Gasteiger partial charge on any atom is -0.442 e. The van der Waals surface area contributed by atoms with Gasteiger partial charge in [-0.2, -0.15) is 0 Å². The molecule has 1 amide bonds. The van der Waals surface area contributed by atoms with Crippen LogP contribution >= 0.6 is 0 Å². The van der Waals surface area contributed by atoms with E-state index in [1.54, 1.807) is 11.8 Å². The minimum absolute atomic E-state index is 0.130. The first-order valence-corrected chi connectivity index (χ1v) is 6.44. The molecule has 0 radical (unpaired) electrons. The van der Waals surface area contributed by atoms with Crippen LogP contribution in [0.5, 0.6) is 0 Å². The average molecular weight is 261 g/mol. The first kappa shape index (κ1) is 12.0. The van der Waals surface area contributed by atoms with Crippen LogP contribution in [0.3, 0.4) is 0 Å². The normalized spacial score (nSPS) is 15.9. The number of aromatic nitrogens is 2. The van der Waals surface area contributed by atoms with Crippen molar-refractivity contribution in [3.05, 3.63) is 28.0 Å². The van der Waals surface area contributed by atoms with Crippen molar-refractivity contribution in [2.45, 2.75) is 26.2 Å². The fraction of sp³-hybridized carbons (Fsp3) is 0.462. The Kier molecular flexibility index (Phi) is 2.85. The second-order valence-corrected chi connectivity index (χ2v) is 4.80. The molecule has 3 rings (SSSR count). The second kappa shape index (κ2) is 4.53. The highest BCUT2D eigenvalue weighted by Gasteiger charge is 2.26. The number of hydrogen-bond acceptors (Lipinski definition) is 4. The number of carbonyl (C=O) groups excluding carboxylic acids is 1. The predicted molar refractivity (Wildman–Crippen MR) is 69.1 cm³/mol. The average Bonchev–Trinajstić information content (AvgIpc) is 2.76. The van der Waals surface area contributed by atoms with E-state index in [1.807, 2.05) is 0 Å². The van der Waals surface area contributed by atoms with E-state index < -0.39 is 0 Å². The molecule has 6 heteroatoms. The number of furan rings is 1. The van der Waals surface area contributed by atoms with E-state index in [0.717, 1.165) is 32.4 Å². The SMILES string of the molecule is Cc1oc2nc[nH]c(=O)c2c1C(=O)N1CCCCC1. The van der Waals surface area contributed by atoms with Crippen molar-refractivity contribution in [2.24, 2.45) is 0 Å². The zero-order chi connectivity index (χ0) is 13.4. The molecule has 2 aromatic heterocycles. The van der Waals surface area contributed by atoms with Crippen LogP contribution < -0.4 is 5.56 Å². The molecule has 0 spiro atoms. The molecule has 1 N–H and O–H groups in total. The standard InChI is InChI=1S/C13H15N3O3/c1-8-9(13(18)16-5-3-2-4-6-16)10-11(17)14-7-15-12(10)19-8/h7H,2-6H2,1H3,(H,14,15,17). The van der Waals surface area contributed by atoms with Gasteiger partial charge in [0, 0.05) is 13.1 Å². The summed E-state index contributed by atoms with van der Waals surface area (Å²) < 4.78 is 5.41. The smallest absolute Gasteiger partial charge is 0.262 e. The number of nitrogens with one attached hydrogen (secondary N) is 1. The van der Waals surface area contributed by atoms with Crippen LogP contribution in [-0.2, 0) is 0 Å². The molecule has 1 saturated heterocycles. The van der Waals surface area contributed by atoms with Crippen LogP contribution in [0.4, 0.5) is 0 Å². The van der Waals surface area contributed by atoms with E-state index in [0.29, 0.717) is 11.3 Å². The lowest BCUT2D eigenvalue weighted by atomic mass is 10.1. The fourth-order valence-electron chi connectivity index (χ4n) is 2.57. The summed E-state index contributed by atoms with van der Waals surface area (Å²) in [7, 11) is 0. The summed E-state index contributed by atoms with van der Waals surface area (Å²) >= 11 is 0. The third-order valence-corrected chi connectivity index (χ3v) is 3.53. The van der Waals surface area contributed by atoms with E-state index in [4.69, 9.17) is 4.42 Å². The van der Waals surface area contributed by atoms with Gasteiger partial charge in [0.05, 0.1) is 11.9 Å². The van der Waals surface area contributed by atoms with Crippen molar-refractivity contribution in [1.82, 2.24) is 14.9 Å². The highest BCUT2D eigenvalue weighted by Crippen LogP contribution is 2.23. The van der Waals surface area contributed by atoms with Gasteiger partial charge in [-0.1, -0.05) is 0 Å². The first-order valence-electron chi connectivity index (χ1n) is 6.44. The fourth-order valence-corrected chi connectivity index (χ4v) is 2.57. The van der Waals surface area contributed by atoms with Crippen LogP contribution in [0.2, 0.25) is 0 Å². The molecular formula is C13H15N3O3. The van der Waals surface area contributed by atoms with Crippen LogP contribution in [0.15, 0.2) is 15.5 Å². The summed E-state index contributed by atoms with van der Waals surface area (Å²) in [5.74, 6) is 0.323. The molecule has 3 heterocycles. The number of likely N-dealkylation sites (tertiary alicyclic amines) is 1. The summed E-state index contributed by atoms with van der Waals surface area (Å²) in [5.41, 5.74) is 0.245. The zero-order valence-corrected chi connectivity index (χ0v) is 10.7. The van der Waals surface area contributed by atoms with E-state index in [1.165, 1.54) is 6.33 Å². The Labute approximate surface area is 109 Å². The molecule has 0 atom stereocenters. The third kappa shape index (κ3) is 1.93. The molecule has 1 aliphatic rings. The second-order valence-electron chi connectivity index (χ2n) is 4.80. The van der Waals surface area contributed by atoms with Crippen LogP contribution in [-0.4, -0.2) is 33.9 Å². The Morgan fingerprint density at radius 3 is 2.84 bits per heavy atom. The molecule has 0 unspecified atom stereocenters. The molecular weight excluding hydrogens is 246 g/mol. The molecule has 0 saturated carbocycles. The van der Waals surface area contributed by atoms with E-state index in [-0.39, 0.29) is 22.6 Å². The van der Waals surface area contributed by atoms with Gasteiger partial charge in [-0.15, -0.1) is 0 Å². The molecule has 1 fully saturated rings. The lowest BCUT2D eigenvalue weighted by Gasteiger charge is -2.26. The minimum atomic E-state index is -0.331. The highest BCUT2D eigenvalue weighted by molar-refractivity contribution is 6.06. The predicted octanol–water partition coefficient (Wildman–Crippen LogP) is 1.45. The van der Waals surface area contributed by atoms with Crippen LogP contribution in [0.1, 0.15) is 35.4 Å². The molecule has 100 valence electrons. The molecule has 0 aromatic carbocycles. The van der Waals surface area contributed by atoms with Crippen molar-refractivity contribution >= 4 is 17.0 Å². The number of aromatic amines is 1. The van der Waals surface area contributed by atoms with E-state index >= 15 is 0 Å². The largest absolute Gasteiger partial charge is 0.442 e. The highest BCUT2D eigenvalue weighted by atomic mass is 16.3. The van der Waals surface area contributed by atoms with Crippen molar-refractivity contribution < 1.29 is 9.21 Å². The molecule has 0 aliphatic carbocycles. The van der Waals surface area contributed by atoms with Gasteiger partial charge in [0.1, 0.15) is 11.1 Å². The number of rotatable bonds is 1. The number of carbonyl (C=O) groups is 1. The van der Waals surface area contributed by atoms with Crippen molar-refractivity contribution in [3.8, 4) is 0 Å². The summed E-state index contributed by atoms with van der Waals surface area (Å²) in [5, 5.41) is 0.260. The van der Waals surface area contributed by atoms with Crippen molar-refractivity contribution in [1.29, 1.82) is 0 Å². The van der Waals surface area contributed by atoms with Gasteiger partial charge in [0.25, 0.3) is 11.5 Å². The zero-order valence-electron chi connectivity index (χ0n) is 10.7. The molecule has 1 aliphatic heterocycles. The van der Waals surface area contributed by atoms with Gasteiger partial charge in [-0.3, -0.25) is 9.59 Å². The first-order chi connectivity index (χ1) is 9.18. The maximum Gasteiger partial charge on any atom is 0.262 e. The Morgan fingerprint density at radius 2 is 2.11 bits per heavy atom. The Hall–Kier alpha value is -2.11. The quantitative estimate of drug-likeness (QED) is 0.842. The van der Waals surface area contributed by atoms with Gasteiger partial charge >= 0.3 is 0 Å². The Balaban J connectivity index is 2.11. The monoisotopic (exact) mass is 261 g/mol. The van der Waals surface area contributed by atoms with Gasteiger partial charge < -0.3 is 14.3 Å². The van der Waals surface area contributed by atoms with Crippen molar-refractivity contribution in [3.63, 3.8) is 0 Å². The number of amides is 1. The van der Waals surface area contributed by atoms with Crippen LogP contribution in [0, 0.1) is 6.92 Å².